The second-order valence-corrected chi connectivity index (χ2v) is 10.4. The molecule has 0 spiro atoms. The van der Waals surface area contributed by atoms with Gasteiger partial charge in [0.15, 0.2) is 0 Å². The highest BCUT2D eigenvalue weighted by Gasteiger charge is 2.21. The van der Waals surface area contributed by atoms with E-state index in [0.717, 1.165) is 28.1 Å². The monoisotopic (exact) mass is 643 g/mol. The van der Waals surface area contributed by atoms with Crippen molar-refractivity contribution in [2.45, 2.75) is 19.0 Å². The molecule has 0 saturated heterocycles. The predicted molar refractivity (Wildman–Crippen MR) is 179 cm³/mol. The highest BCUT2D eigenvalue weighted by molar-refractivity contribution is 6.30. The molecular weight excluding hydrogens is 610 g/mol. The van der Waals surface area contributed by atoms with E-state index in [4.69, 9.17) is 28.1 Å². The first-order valence-corrected chi connectivity index (χ1v) is 14.4. The number of aromatic amines is 1. The maximum atomic E-state index is 13.2. The van der Waals surface area contributed by atoms with Crippen LogP contribution in [0.5, 0.6) is 0 Å². The summed E-state index contributed by atoms with van der Waals surface area (Å²) in [7, 11) is 3.15. The van der Waals surface area contributed by atoms with E-state index in [1.54, 1.807) is 36.5 Å². The van der Waals surface area contributed by atoms with Crippen molar-refractivity contribution in [1.82, 2.24) is 20.6 Å². The van der Waals surface area contributed by atoms with E-state index in [1.807, 2.05) is 43.4 Å². The molecule has 5 rings (SSSR count). The van der Waals surface area contributed by atoms with Gasteiger partial charge >= 0.3 is 0 Å². The van der Waals surface area contributed by atoms with Crippen LogP contribution < -0.4 is 32.6 Å². The number of halogens is 1. The van der Waals surface area contributed by atoms with Gasteiger partial charge in [-0.05, 0) is 66.1 Å². The summed E-state index contributed by atoms with van der Waals surface area (Å²) in [5.41, 5.74) is 6.02. The molecule has 238 valence electrons. The van der Waals surface area contributed by atoms with Gasteiger partial charge in [0.2, 0.25) is 5.91 Å². The summed E-state index contributed by atoms with van der Waals surface area (Å²) < 4.78 is 3.86. The molecule has 0 fully saturated rings. The van der Waals surface area contributed by atoms with Crippen molar-refractivity contribution in [2.24, 2.45) is 16.8 Å². The number of fused-ring (bicyclic) bond motifs is 6. The number of methoxy groups -OCH3 is 1. The Morgan fingerprint density at radius 2 is 2.00 bits per heavy atom. The molecule has 1 aliphatic heterocycles. The Hall–Kier alpha value is -5.66. The third-order valence-electron chi connectivity index (χ3n) is 6.96. The van der Waals surface area contributed by atoms with Crippen LogP contribution in [0.1, 0.15) is 38.9 Å². The van der Waals surface area contributed by atoms with Crippen LogP contribution in [-0.4, -0.2) is 48.8 Å². The molecule has 0 saturated carbocycles. The summed E-state index contributed by atoms with van der Waals surface area (Å²) in [5, 5.41) is 14.4. The number of carbonyl (C=O) groups excluding carboxylic acids is 3. The number of hydrazine groups is 1. The van der Waals surface area contributed by atoms with Gasteiger partial charge in [-0.15, -0.1) is 0 Å². The number of hydrogen-bond acceptors (Lipinski definition) is 9. The summed E-state index contributed by atoms with van der Waals surface area (Å²) in [6.07, 6.45) is 6.37. The SMILES string of the molecule is CNc1ccc2c(c1)CNC(=O)c1cccc(c1)C[C@H](NC(=O)/C=C/c1cc(Cl)ccc1N(N)/C=N\N)c1ncc-2[nH]1.COC=O. The van der Waals surface area contributed by atoms with Crippen LogP contribution in [0.15, 0.2) is 78.0 Å². The van der Waals surface area contributed by atoms with Crippen LogP contribution >= 0.6 is 11.6 Å². The number of benzene rings is 3. The van der Waals surface area contributed by atoms with Crippen LogP contribution in [0.25, 0.3) is 17.3 Å². The number of hydrazone groups is 1. The van der Waals surface area contributed by atoms with Crippen molar-refractivity contribution in [3.8, 4) is 11.3 Å². The van der Waals surface area contributed by atoms with Crippen LogP contribution in [0.3, 0.4) is 0 Å². The summed E-state index contributed by atoms with van der Waals surface area (Å²) in [5.74, 6) is 11.3. The normalized spacial score (nSPS) is 14.0. The Labute approximate surface area is 270 Å². The Kier molecular flexibility index (Phi) is 11.5. The molecule has 2 amide bonds. The Bertz CT molecular complexity index is 1760. The molecule has 1 aliphatic rings. The van der Waals surface area contributed by atoms with Crippen molar-refractivity contribution in [3.05, 3.63) is 106 Å². The maximum Gasteiger partial charge on any atom is 0.292 e. The molecule has 46 heavy (non-hydrogen) atoms. The molecule has 0 aliphatic carbocycles. The predicted octanol–water partition coefficient (Wildman–Crippen LogP) is 3.50. The average molecular weight is 644 g/mol. The molecule has 0 unspecified atom stereocenters. The first-order valence-electron chi connectivity index (χ1n) is 14.0. The molecule has 13 nitrogen and oxygen atoms in total. The smallest absolute Gasteiger partial charge is 0.292 e. The number of H-pyrrole nitrogens is 1. The molecule has 8 N–H and O–H groups in total. The van der Waals surface area contributed by atoms with E-state index in [0.29, 0.717) is 47.1 Å². The van der Waals surface area contributed by atoms with Gasteiger partial charge in [-0.3, -0.25) is 19.4 Å². The van der Waals surface area contributed by atoms with Crippen molar-refractivity contribution in [2.75, 3.05) is 24.5 Å². The summed E-state index contributed by atoms with van der Waals surface area (Å²) in [6.45, 7) is 0.704. The van der Waals surface area contributed by atoms with Crippen LogP contribution in [-0.2, 0) is 27.3 Å². The highest BCUT2D eigenvalue weighted by Crippen LogP contribution is 2.28. The average Bonchev–Trinajstić information content (AvgIpc) is 3.56. The first kappa shape index (κ1) is 33.2. The molecule has 1 aromatic heterocycles. The Morgan fingerprint density at radius 3 is 2.74 bits per heavy atom. The quantitative estimate of drug-likeness (QED) is 0.0436. The minimum Gasteiger partial charge on any atom is -0.471 e. The van der Waals surface area contributed by atoms with Gasteiger partial charge in [0.1, 0.15) is 12.2 Å². The van der Waals surface area contributed by atoms with Gasteiger partial charge in [-0.2, -0.15) is 5.10 Å². The summed E-state index contributed by atoms with van der Waals surface area (Å²) in [6, 6.07) is 17.8. The number of nitrogens with one attached hydrogen (secondary N) is 4. The number of anilines is 2. The number of hydrogen-bond donors (Lipinski definition) is 6. The van der Waals surface area contributed by atoms with E-state index in [-0.39, 0.29) is 11.8 Å². The number of amides is 2. The van der Waals surface area contributed by atoms with E-state index >= 15 is 0 Å². The van der Waals surface area contributed by atoms with Gasteiger partial charge in [-0.1, -0.05) is 29.8 Å². The van der Waals surface area contributed by atoms with Gasteiger partial charge < -0.3 is 31.5 Å². The van der Waals surface area contributed by atoms with Crippen LogP contribution in [0.4, 0.5) is 11.4 Å². The summed E-state index contributed by atoms with van der Waals surface area (Å²) in [4.78, 5) is 43.2. The van der Waals surface area contributed by atoms with Gasteiger partial charge in [-0.25, -0.2) is 10.8 Å². The maximum absolute atomic E-state index is 13.2. The minimum absolute atomic E-state index is 0.184. The van der Waals surface area contributed by atoms with Crippen molar-refractivity contribution >= 4 is 53.7 Å². The van der Waals surface area contributed by atoms with E-state index < -0.39 is 6.04 Å². The number of nitrogens with two attached hydrogens (primary N) is 2. The Morgan fingerprint density at radius 1 is 1.20 bits per heavy atom. The minimum atomic E-state index is -0.524. The topological polar surface area (TPSA) is 193 Å². The molecule has 3 aromatic carbocycles. The second-order valence-electron chi connectivity index (χ2n) is 9.99. The largest absolute Gasteiger partial charge is 0.471 e. The fraction of sp³-hybridized carbons (Fsp3) is 0.156. The number of imidazole rings is 1. The third-order valence-corrected chi connectivity index (χ3v) is 7.20. The van der Waals surface area contributed by atoms with Gasteiger partial charge in [0.05, 0.1) is 30.7 Å². The lowest BCUT2D eigenvalue weighted by Gasteiger charge is -2.17. The fourth-order valence-electron chi connectivity index (χ4n) is 4.79. The lowest BCUT2D eigenvalue weighted by atomic mass is 10.0. The lowest BCUT2D eigenvalue weighted by molar-refractivity contribution is -0.126. The van der Waals surface area contributed by atoms with Crippen LogP contribution in [0, 0.1) is 0 Å². The molecule has 0 radical (unpaired) electrons. The second kappa shape index (κ2) is 15.9. The molecular formula is C32H34ClN9O4. The third kappa shape index (κ3) is 8.49. The van der Waals surface area contributed by atoms with Crippen molar-refractivity contribution < 1.29 is 19.1 Å². The van der Waals surface area contributed by atoms with Crippen molar-refractivity contribution in [3.63, 3.8) is 0 Å². The molecule has 1 atom stereocenters. The molecule has 2 heterocycles. The number of nitrogens with zero attached hydrogens (tertiary/aromatic N) is 3. The zero-order chi connectivity index (χ0) is 33.1. The van der Waals surface area contributed by atoms with E-state index in [9.17, 15) is 9.59 Å². The highest BCUT2D eigenvalue weighted by atomic mass is 35.5. The number of rotatable bonds is 7. The Balaban J connectivity index is 0.00000113. The number of carbonyl (C=O) groups is 3. The molecule has 4 bridgehead atoms. The van der Waals surface area contributed by atoms with E-state index in [2.05, 4.69) is 35.8 Å². The van der Waals surface area contributed by atoms with Gasteiger partial charge in [0, 0.05) is 47.1 Å². The zero-order valence-corrected chi connectivity index (χ0v) is 25.9. The van der Waals surface area contributed by atoms with Crippen molar-refractivity contribution in [1.29, 1.82) is 0 Å². The standard InChI is InChI=1S/C30H30ClN9O2.C2H4O2/c1-34-23-7-8-24-21(14-23)15-36-30(42)20-4-2-3-18(11-20)12-25(29-35-16-26(24)39-29)38-28(41)10-5-19-13-22(31)6-9-27(19)40(33)17-37-32;1-4-2-3/h2-11,13-14,16-17,25,34H,12,15,32-33H2,1H3,(H,35,39)(H,36,42)(H,38,41);2H,1H3/b10-5+,37-17-;/t25-;/m0./s1. The summed E-state index contributed by atoms with van der Waals surface area (Å²) >= 11 is 6.19. The number of ether oxygens (including phenoxy) is 1. The zero-order valence-electron chi connectivity index (χ0n) is 25.2. The fourth-order valence-corrected chi connectivity index (χ4v) is 4.97. The molecule has 4 aromatic rings. The van der Waals surface area contributed by atoms with Crippen LogP contribution in [0.2, 0.25) is 5.02 Å². The lowest BCUT2D eigenvalue weighted by Crippen LogP contribution is -2.30. The first-order chi connectivity index (χ1) is 22.3. The van der Waals surface area contributed by atoms with E-state index in [1.165, 1.54) is 24.5 Å². The number of aromatic nitrogens is 2. The molecule has 14 heteroatoms. The van der Waals surface area contributed by atoms with Gasteiger partial charge in [0.25, 0.3) is 12.4 Å².